The van der Waals surface area contributed by atoms with Gasteiger partial charge in [0.2, 0.25) is 5.91 Å². The lowest BCUT2D eigenvalue weighted by atomic mass is 9.73. The van der Waals surface area contributed by atoms with E-state index in [1.54, 1.807) is 0 Å². The molecule has 2 aromatic carbocycles. The monoisotopic (exact) mass is 445 g/mol. The summed E-state index contributed by atoms with van der Waals surface area (Å²) in [7, 11) is 0. The van der Waals surface area contributed by atoms with Crippen molar-refractivity contribution < 1.29 is 9.59 Å². The van der Waals surface area contributed by atoms with E-state index in [1.807, 2.05) is 24.3 Å². The molecule has 33 heavy (non-hydrogen) atoms. The molecule has 2 aliphatic rings. The summed E-state index contributed by atoms with van der Waals surface area (Å²) >= 11 is 0. The molecule has 1 aliphatic carbocycles. The first-order valence-corrected chi connectivity index (χ1v) is 11.9. The highest BCUT2D eigenvalue weighted by Crippen LogP contribution is 2.48. The quantitative estimate of drug-likeness (QED) is 0.648. The molecule has 4 rings (SSSR count). The molecule has 0 bridgehead atoms. The minimum absolute atomic E-state index is 0.0387. The predicted molar refractivity (Wildman–Crippen MR) is 134 cm³/mol. The Balaban J connectivity index is 1.87. The minimum Gasteiger partial charge on any atom is -0.357 e. The van der Waals surface area contributed by atoms with Crippen LogP contribution in [0.2, 0.25) is 0 Å². The molecule has 5 nitrogen and oxygen atoms in total. The summed E-state index contributed by atoms with van der Waals surface area (Å²) in [6.07, 6.45) is 1.29. The van der Waals surface area contributed by atoms with Crippen LogP contribution in [0.25, 0.3) is 0 Å². The molecule has 1 amide bonds. The Morgan fingerprint density at radius 1 is 1.12 bits per heavy atom. The maximum absolute atomic E-state index is 13.6. The molecular weight excluding hydrogens is 410 g/mol. The Labute approximate surface area is 197 Å². The average molecular weight is 446 g/mol. The van der Waals surface area contributed by atoms with Gasteiger partial charge in [-0.3, -0.25) is 9.59 Å². The van der Waals surface area contributed by atoms with Crippen LogP contribution in [-0.4, -0.2) is 24.8 Å². The number of rotatable bonds is 5. The van der Waals surface area contributed by atoms with Gasteiger partial charge in [0, 0.05) is 24.2 Å². The van der Waals surface area contributed by atoms with Crippen molar-refractivity contribution in [2.75, 3.05) is 23.3 Å². The van der Waals surface area contributed by atoms with Gasteiger partial charge in [-0.05, 0) is 42.4 Å². The highest BCUT2D eigenvalue weighted by Gasteiger charge is 2.41. The summed E-state index contributed by atoms with van der Waals surface area (Å²) in [5, 5.41) is 6.65. The van der Waals surface area contributed by atoms with Gasteiger partial charge < -0.3 is 15.5 Å². The number of nitrogens with zero attached hydrogens (tertiary/aromatic N) is 1. The second-order valence-electron chi connectivity index (χ2n) is 10.6. The fourth-order valence-electron chi connectivity index (χ4n) is 4.85. The van der Waals surface area contributed by atoms with Crippen LogP contribution in [0.5, 0.6) is 0 Å². The van der Waals surface area contributed by atoms with Crippen LogP contribution in [0.3, 0.4) is 0 Å². The van der Waals surface area contributed by atoms with Gasteiger partial charge in [-0.2, -0.15) is 0 Å². The van der Waals surface area contributed by atoms with Crippen LogP contribution in [0.1, 0.15) is 57.7 Å². The second kappa shape index (κ2) is 9.05. The Kier molecular flexibility index (Phi) is 6.33. The van der Waals surface area contributed by atoms with Crippen LogP contribution in [0.4, 0.5) is 11.4 Å². The number of hydrogen-bond donors (Lipinski definition) is 2. The number of benzene rings is 2. The number of Topliss-reactive ketones (excluding diaryl/α,β-unsaturated/α-hetero) is 1. The maximum Gasteiger partial charge on any atom is 0.239 e. The number of aryl methyl sites for hydroxylation is 1. The lowest BCUT2D eigenvalue weighted by Crippen LogP contribution is -2.42. The van der Waals surface area contributed by atoms with Crippen LogP contribution in [0, 0.1) is 18.3 Å². The number of anilines is 2. The van der Waals surface area contributed by atoms with Crippen LogP contribution in [0.15, 0.2) is 59.8 Å². The molecule has 0 aromatic heterocycles. The number of amides is 1. The van der Waals surface area contributed by atoms with Crippen molar-refractivity contribution in [3.63, 3.8) is 0 Å². The summed E-state index contributed by atoms with van der Waals surface area (Å²) < 4.78 is 0. The molecule has 2 aromatic rings. The summed E-state index contributed by atoms with van der Waals surface area (Å²) in [4.78, 5) is 28.8. The number of ketones is 1. The van der Waals surface area contributed by atoms with Crippen molar-refractivity contribution >= 4 is 23.1 Å². The predicted octanol–water partition coefficient (Wildman–Crippen LogP) is 5.38. The van der Waals surface area contributed by atoms with Gasteiger partial charge in [-0.1, -0.05) is 69.7 Å². The van der Waals surface area contributed by atoms with E-state index in [4.69, 9.17) is 0 Å². The molecule has 1 heterocycles. The highest BCUT2D eigenvalue weighted by molar-refractivity contribution is 6.01. The van der Waals surface area contributed by atoms with Gasteiger partial charge in [0.1, 0.15) is 0 Å². The number of para-hydroxylation sites is 2. The second-order valence-corrected chi connectivity index (χ2v) is 10.6. The Hall–Kier alpha value is -3.08. The summed E-state index contributed by atoms with van der Waals surface area (Å²) in [6.45, 7) is 11.3. The van der Waals surface area contributed by atoms with E-state index >= 15 is 0 Å². The fourth-order valence-corrected chi connectivity index (χ4v) is 4.85. The standard InChI is InChI=1S/C28H35N3O2/c1-18(2)16-29-25(33)17-31-23-9-7-6-8-21(23)30-22-14-28(4,5)15-24(32)26(22)27(31)20-12-10-19(3)11-13-20/h6-13,18,27,30H,14-17H2,1-5H3,(H,29,33). The van der Waals surface area contributed by atoms with Gasteiger partial charge in [-0.15, -0.1) is 0 Å². The van der Waals surface area contributed by atoms with Gasteiger partial charge in [-0.25, -0.2) is 0 Å². The summed E-state index contributed by atoms with van der Waals surface area (Å²) in [5.41, 5.74) is 5.70. The molecule has 0 fully saturated rings. The van der Waals surface area contributed by atoms with E-state index in [-0.39, 0.29) is 29.7 Å². The summed E-state index contributed by atoms with van der Waals surface area (Å²) in [5.74, 6) is 0.486. The third kappa shape index (κ3) is 4.97. The van der Waals surface area contributed by atoms with Crippen LogP contribution < -0.4 is 15.5 Å². The zero-order valence-electron chi connectivity index (χ0n) is 20.4. The molecule has 1 unspecified atom stereocenters. The van der Waals surface area contributed by atoms with E-state index in [1.165, 1.54) is 0 Å². The van der Waals surface area contributed by atoms with Crippen LogP contribution >= 0.6 is 0 Å². The molecule has 2 N–H and O–H groups in total. The molecule has 5 heteroatoms. The number of nitrogens with one attached hydrogen (secondary N) is 2. The first kappa shape index (κ1) is 23.1. The Morgan fingerprint density at radius 2 is 1.82 bits per heavy atom. The van der Waals surface area contributed by atoms with E-state index < -0.39 is 0 Å². The molecule has 1 aliphatic heterocycles. The number of allylic oxidation sites excluding steroid dienone is 1. The molecule has 1 atom stereocenters. The first-order valence-electron chi connectivity index (χ1n) is 11.9. The lowest BCUT2D eigenvalue weighted by Gasteiger charge is -2.38. The van der Waals surface area contributed by atoms with Gasteiger partial charge >= 0.3 is 0 Å². The van der Waals surface area contributed by atoms with Crippen molar-refractivity contribution in [3.8, 4) is 0 Å². The Bertz CT molecular complexity index is 1080. The average Bonchev–Trinajstić information content (AvgIpc) is 2.87. The Morgan fingerprint density at radius 3 is 2.52 bits per heavy atom. The summed E-state index contributed by atoms with van der Waals surface area (Å²) in [6, 6.07) is 16.0. The van der Waals surface area contributed by atoms with E-state index in [9.17, 15) is 9.59 Å². The molecule has 0 saturated heterocycles. The highest BCUT2D eigenvalue weighted by atomic mass is 16.2. The maximum atomic E-state index is 13.6. The van der Waals surface area contributed by atoms with Crippen molar-refractivity contribution in [2.45, 2.75) is 53.5 Å². The van der Waals surface area contributed by atoms with Gasteiger partial charge in [0.25, 0.3) is 0 Å². The number of fused-ring (bicyclic) bond motifs is 1. The third-order valence-electron chi connectivity index (χ3n) is 6.42. The van der Waals surface area contributed by atoms with E-state index in [0.717, 1.165) is 40.2 Å². The zero-order chi connectivity index (χ0) is 23.8. The largest absolute Gasteiger partial charge is 0.357 e. The molecule has 0 saturated carbocycles. The zero-order valence-corrected chi connectivity index (χ0v) is 20.4. The topological polar surface area (TPSA) is 61.4 Å². The fraction of sp³-hybridized carbons (Fsp3) is 0.429. The molecular formula is C28H35N3O2. The third-order valence-corrected chi connectivity index (χ3v) is 6.42. The minimum atomic E-state index is -0.329. The molecule has 174 valence electrons. The van der Waals surface area contributed by atoms with Gasteiger partial charge in [0.05, 0.1) is 24.0 Å². The number of carbonyl (C=O) groups excluding carboxylic acids is 2. The lowest BCUT2D eigenvalue weighted by molar-refractivity contribution is -0.120. The van der Waals surface area contributed by atoms with Crippen molar-refractivity contribution in [1.82, 2.24) is 5.32 Å². The van der Waals surface area contributed by atoms with Crippen LogP contribution in [-0.2, 0) is 9.59 Å². The first-order chi connectivity index (χ1) is 15.6. The van der Waals surface area contributed by atoms with Crippen molar-refractivity contribution in [3.05, 3.63) is 70.9 Å². The molecule has 0 radical (unpaired) electrons. The van der Waals surface area contributed by atoms with Gasteiger partial charge in [0.15, 0.2) is 5.78 Å². The van der Waals surface area contributed by atoms with E-state index in [2.05, 4.69) is 74.4 Å². The number of hydrogen-bond acceptors (Lipinski definition) is 4. The van der Waals surface area contributed by atoms with Crippen molar-refractivity contribution in [1.29, 1.82) is 0 Å². The number of carbonyl (C=O) groups is 2. The normalized spacial score (nSPS) is 19.5. The van der Waals surface area contributed by atoms with Crippen molar-refractivity contribution in [2.24, 2.45) is 11.3 Å². The smallest absolute Gasteiger partial charge is 0.239 e. The van der Waals surface area contributed by atoms with E-state index in [0.29, 0.717) is 18.9 Å². The molecule has 0 spiro atoms. The SMILES string of the molecule is Cc1ccc(C2C3=C(CC(C)(C)CC3=O)Nc3ccccc3N2CC(=O)NCC(C)C)cc1.